The van der Waals surface area contributed by atoms with Gasteiger partial charge >= 0.3 is 0 Å². The highest BCUT2D eigenvalue weighted by Gasteiger charge is 2.04. The third-order valence-corrected chi connectivity index (χ3v) is 4.82. The average Bonchev–Trinajstić information content (AvgIpc) is 2.80. The molecular weight excluding hydrogens is 556 g/mol. The van der Waals surface area contributed by atoms with Crippen molar-refractivity contribution in [3.05, 3.63) is 60.2 Å². The lowest BCUT2D eigenvalue weighted by atomic mass is 10.2. The van der Waals surface area contributed by atoms with Gasteiger partial charge in [0.1, 0.15) is 13.2 Å². The number of pyridine rings is 2. The van der Waals surface area contributed by atoms with Crippen molar-refractivity contribution >= 4 is 0 Å². The molecule has 0 saturated carbocycles. The number of aliphatic hydroxyl groups excluding tert-OH is 2. The van der Waals surface area contributed by atoms with Crippen molar-refractivity contribution in [1.29, 1.82) is 0 Å². The standard InChI is InChI=1S/C24H38N2O5.2BrH/c27-13-3-7-23-5-1-9-25(21-23)11-15-29-17-19-31-20-18-30-16-12-26-10-2-6-24(22-26)8-4-14-28;;/h1-2,5-6,9-10,21-22,27-28H,3-4,7-8,11-20H2;2*1H/q+2;;/p-2. The van der Waals surface area contributed by atoms with Crippen LogP contribution in [-0.2, 0) is 40.1 Å². The molecule has 9 heteroatoms. The van der Waals surface area contributed by atoms with Gasteiger partial charge in [0.15, 0.2) is 37.9 Å². The van der Waals surface area contributed by atoms with Gasteiger partial charge in [0.25, 0.3) is 0 Å². The Morgan fingerprint density at radius 1 is 0.606 bits per heavy atom. The van der Waals surface area contributed by atoms with Crippen molar-refractivity contribution in [2.75, 3.05) is 52.9 Å². The summed E-state index contributed by atoms with van der Waals surface area (Å²) in [7, 11) is 0. The molecule has 0 unspecified atom stereocenters. The second-order valence-corrected chi connectivity index (χ2v) is 7.39. The van der Waals surface area contributed by atoms with Crippen LogP contribution < -0.4 is 43.1 Å². The van der Waals surface area contributed by atoms with E-state index in [1.807, 2.05) is 24.5 Å². The first-order valence-corrected chi connectivity index (χ1v) is 11.2. The van der Waals surface area contributed by atoms with Crippen molar-refractivity contribution in [3.8, 4) is 0 Å². The fourth-order valence-corrected chi connectivity index (χ4v) is 3.17. The molecule has 2 aromatic heterocycles. The van der Waals surface area contributed by atoms with Gasteiger partial charge in [0, 0.05) is 36.5 Å². The summed E-state index contributed by atoms with van der Waals surface area (Å²) in [5.74, 6) is 0. The maximum Gasteiger partial charge on any atom is 0.172 e. The Hall–Kier alpha value is -0.940. The first-order valence-electron chi connectivity index (χ1n) is 11.2. The van der Waals surface area contributed by atoms with Gasteiger partial charge in [-0.05, 0) is 37.8 Å². The topological polar surface area (TPSA) is 75.9 Å². The number of halogens is 2. The summed E-state index contributed by atoms with van der Waals surface area (Å²) in [6.07, 6.45) is 11.6. The van der Waals surface area contributed by atoms with Crippen LogP contribution in [0.4, 0.5) is 0 Å². The molecule has 0 saturated heterocycles. The zero-order valence-electron chi connectivity index (χ0n) is 19.3. The molecule has 0 spiro atoms. The van der Waals surface area contributed by atoms with Crippen molar-refractivity contribution in [2.45, 2.75) is 38.8 Å². The summed E-state index contributed by atoms with van der Waals surface area (Å²) < 4.78 is 21.1. The van der Waals surface area contributed by atoms with Crippen molar-refractivity contribution < 1.29 is 67.5 Å². The van der Waals surface area contributed by atoms with Crippen molar-refractivity contribution in [3.63, 3.8) is 0 Å². The number of aliphatic hydroxyl groups is 2. The van der Waals surface area contributed by atoms with E-state index < -0.39 is 0 Å². The summed E-state index contributed by atoms with van der Waals surface area (Å²) in [4.78, 5) is 0. The maximum absolute atomic E-state index is 8.93. The van der Waals surface area contributed by atoms with Crippen LogP contribution in [0.3, 0.4) is 0 Å². The molecule has 0 aliphatic carbocycles. The predicted molar refractivity (Wildman–Crippen MR) is 117 cm³/mol. The van der Waals surface area contributed by atoms with Crippen LogP contribution in [0.1, 0.15) is 24.0 Å². The van der Waals surface area contributed by atoms with E-state index in [1.54, 1.807) is 0 Å². The molecule has 0 bridgehead atoms. The minimum absolute atomic E-state index is 0. The Morgan fingerprint density at radius 3 is 1.39 bits per heavy atom. The Balaban J connectivity index is 0.00000512. The fraction of sp³-hybridized carbons (Fsp3) is 0.583. The van der Waals surface area contributed by atoms with E-state index in [0.717, 1.165) is 38.8 Å². The first kappa shape index (κ1) is 32.1. The van der Waals surface area contributed by atoms with Crippen LogP contribution in [0.2, 0.25) is 0 Å². The number of rotatable bonds is 18. The van der Waals surface area contributed by atoms with Crippen LogP contribution in [0, 0.1) is 0 Å². The molecule has 2 rings (SSSR count). The molecule has 0 aliphatic heterocycles. The zero-order chi connectivity index (χ0) is 22.0. The van der Waals surface area contributed by atoms with Gasteiger partial charge in [0.2, 0.25) is 0 Å². The number of aryl methyl sites for hydroxylation is 2. The van der Waals surface area contributed by atoms with Crippen LogP contribution in [0.25, 0.3) is 0 Å². The van der Waals surface area contributed by atoms with Gasteiger partial charge < -0.3 is 58.4 Å². The summed E-state index contributed by atoms with van der Waals surface area (Å²) >= 11 is 0. The average molecular weight is 594 g/mol. The molecule has 2 heterocycles. The van der Waals surface area contributed by atoms with Crippen LogP contribution in [0.15, 0.2) is 49.1 Å². The quantitative estimate of drug-likeness (QED) is 0.134. The molecule has 0 aliphatic rings. The Morgan fingerprint density at radius 2 is 1.00 bits per heavy atom. The number of hydrogen-bond donors (Lipinski definition) is 2. The molecule has 0 amide bonds. The van der Waals surface area contributed by atoms with Gasteiger partial charge in [-0.3, -0.25) is 0 Å². The molecule has 0 aromatic carbocycles. The van der Waals surface area contributed by atoms with Gasteiger partial charge in [-0.1, -0.05) is 0 Å². The molecule has 7 nitrogen and oxygen atoms in total. The van der Waals surface area contributed by atoms with E-state index in [0.29, 0.717) is 39.6 Å². The Kier molecular flexibility index (Phi) is 21.0. The van der Waals surface area contributed by atoms with Gasteiger partial charge in [-0.25, -0.2) is 9.13 Å². The van der Waals surface area contributed by atoms with E-state index in [4.69, 9.17) is 24.4 Å². The molecule has 0 atom stereocenters. The maximum atomic E-state index is 8.93. The minimum atomic E-state index is 0. The highest BCUT2D eigenvalue weighted by molar-refractivity contribution is 5.05. The number of nitrogens with zero attached hydrogens (tertiary/aromatic N) is 2. The predicted octanol–water partition coefficient (Wildman–Crippen LogP) is -5.13. The van der Waals surface area contributed by atoms with Crippen LogP contribution >= 0.6 is 0 Å². The van der Waals surface area contributed by atoms with Crippen LogP contribution in [-0.4, -0.2) is 63.1 Å². The van der Waals surface area contributed by atoms with E-state index in [9.17, 15) is 0 Å². The van der Waals surface area contributed by atoms with Crippen LogP contribution in [0.5, 0.6) is 0 Å². The third kappa shape index (κ3) is 15.6. The van der Waals surface area contributed by atoms with Gasteiger partial charge in [-0.15, -0.1) is 0 Å². The van der Waals surface area contributed by atoms with E-state index in [-0.39, 0.29) is 47.2 Å². The lowest BCUT2D eigenvalue weighted by Gasteiger charge is -2.06. The van der Waals surface area contributed by atoms with Crippen molar-refractivity contribution in [2.24, 2.45) is 0 Å². The smallest absolute Gasteiger partial charge is 0.172 e. The van der Waals surface area contributed by atoms with E-state index in [2.05, 4.69) is 33.7 Å². The zero-order valence-corrected chi connectivity index (χ0v) is 22.5. The largest absolute Gasteiger partial charge is 1.00 e. The molecule has 0 radical (unpaired) electrons. The highest BCUT2D eigenvalue weighted by atomic mass is 79.9. The normalized spacial score (nSPS) is 10.5. The molecule has 2 aromatic rings. The monoisotopic (exact) mass is 592 g/mol. The molecule has 33 heavy (non-hydrogen) atoms. The van der Waals surface area contributed by atoms with E-state index >= 15 is 0 Å². The Labute approximate surface area is 218 Å². The minimum Gasteiger partial charge on any atom is -1.00 e. The van der Waals surface area contributed by atoms with Crippen molar-refractivity contribution in [1.82, 2.24) is 0 Å². The first-order chi connectivity index (χ1) is 15.3. The lowest BCUT2D eigenvalue weighted by Crippen LogP contribution is -3.00. The Bertz CT molecular complexity index is 665. The fourth-order valence-electron chi connectivity index (χ4n) is 3.17. The summed E-state index contributed by atoms with van der Waals surface area (Å²) in [5.41, 5.74) is 2.46. The second-order valence-electron chi connectivity index (χ2n) is 7.39. The molecular formula is C24H38Br2N2O5. The SMILES string of the molecule is OCCCc1ccc[n+](CCOCCOCCOCC[n+]2cccc(CCCO)c2)c1.[Br-].[Br-]. The summed E-state index contributed by atoms with van der Waals surface area (Å²) in [5, 5.41) is 17.9. The molecule has 188 valence electrons. The number of aromatic nitrogens is 2. The third-order valence-electron chi connectivity index (χ3n) is 4.82. The molecule has 2 N–H and O–H groups in total. The number of ether oxygens (including phenoxy) is 3. The van der Waals surface area contributed by atoms with Gasteiger partial charge in [-0.2, -0.15) is 0 Å². The van der Waals surface area contributed by atoms with Gasteiger partial charge in [0.05, 0.1) is 26.4 Å². The van der Waals surface area contributed by atoms with E-state index in [1.165, 1.54) is 11.1 Å². The molecule has 0 fully saturated rings. The highest BCUT2D eigenvalue weighted by Crippen LogP contribution is 1.99. The summed E-state index contributed by atoms with van der Waals surface area (Å²) in [6.45, 7) is 5.60. The lowest BCUT2D eigenvalue weighted by molar-refractivity contribution is -0.698. The number of hydrogen-bond acceptors (Lipinski definition) is 5. The second kappa shape index (κ2) is 21.6. The summed E-state index contributed by atoms with van der Waals surface area (Å²) in [6, 6.07) is 8.22.